The van der Waals surface area contributed by atoms with E-state index in [-0.39, 0.29) is 18.3 Å². The van der Waals surface area contributed by atoms with Crippen LogP contribution in [0.3, 0.4) is 0 Å². The Kier molecular flexibility index (Phi) is 4.35. The molecule has 0 unspecified atom stereocenters. The van der Waals surface area contributed by atoms with Crippen LogP contribution in [0.4, 0.5) is 15.8 Å². The lowest BCUT2D eigenvalue weighted by Gasteiger charge is -2.12. The quantitative estimate of drug-likeness (QED) is 0.894. The smallest absolute Gasteiger partial charge is 0.243 e. The summed E-state index contributed by atoms with van der Waals surface area (Å²) < 4.78 is 13.4. The SMILES string of the molecule is Cc1cccc(C)c1NC(=O)CNc1ccccc1F. The second-order valence-corrected chi connectivity index (χ2v) is 4.65. The summed E-state index contributed by atoms with van der Waals surface area (Å²) in [4.78, 5) is 11.9. The van der Waals surface area contributed by atoms with Crippen LogP contribution in [0.15, 0.2) is 42.5 Å². The number of benzene rings is 2. The number of nitrogens with one attached hydrogen (secondary N) is 2. The number of aryl methyl sites for hydroxylation is 2. The zero-order valence-electron chi connectivity index (χ0n) is 11.5. The minimum absolute atomic E-state index is 0.0225. The van der Waals surface area contributed by atoms with E-state index >= 15 is 0 Å². The monoisotopic (exact) mass is 272 g/mol. The molecule has 2 N–H and O–H groups in total. The van der Waals surface area contributed by atoms with E-state index in [0.717, 1.165) is 16.8 Å². The molecule has 0 aromatic heterocycles. The summed E-state index contributed by atoms with van der Waals surface area (Å²) in [6.07, 6.45) is 0. The molecule has 0 atom stereocenters. The minimum Gasteiger partial charge on any atom is -0.374 e. The molecular formula is C16H17FN2O. The molecule has 0 saturated heterocycles. The molecule has 0 spiro atoms. The van der Waals surface area contributed by atoms with Gasteiger partial charge in [-0.1, -0.05) is 30.3 Å². The first-order valence-electron chi connectivity index (χ1n) is 6.42. The van der Waals surface area contributed by atoms with E-state index in [4.69, 9.17) is 0 Å². The maximum absolute atomic E-state index is 13.4. The summed E-state index contributed by atoms with van der Waals surface area (Å²) in [5, 5.41) is 5.63. The normalized spacial score (nSPS) is 10.2. The highest BCUT2D eigenvalue weighted by atomic mass is 19.1. The molecule has 4 heteroatoms. The molecule has 0 fully saturated rings. The molecule has 2 aromatic carbocycles. The molecule has 104 valence electrons. The van der Waals surface area contributed by atoms with Crippen molar-refractivity contribution in [3.63, 3.8) is 0 Å². The second-order valence-electron chi connectivity index (χ2n) is 4.65. The van der Waals surface area contributed by atoms with E-state index < -0.39 is 0 Å². The van der Waals surface area contributed by atoms with E-state index in [2.05, 4.69) is 10.6 Å². The van der Waals surface area contributed by atoms with E-state index in [9.17, 15) is 9.18 Å². The van der Waals surface area contributed by atoms with Crippen molar-refractivity contribution in [2.75, 3.05) is 17.2 Å². The summed E-state index contributed by atoms with van der Waals surface area (Å²) in [7, 11) is 0. The van der Waals surface area contributed by atoms with Crippen LogP contribution in [0.2, 0.25) is 0 Å². The van der Waals surface area contributed by atoms with Crippen molar-refractivity contribution in [3.8, 4) is 0 Å². The van der Waals surface area contributed by atoms with Crippen molar-refractivity contribution in [2.24, 2.45) is 0 Å². The predicted molar refractivity (Wildman–Crippen MR) is 79.4 cm³/mol. The van der Waals surface area contributed by atoms with Gasteiger partial charge in [0.2, 0.25) is 5.91 Å². The van der Waals surface area contributed by atoms with Gasteiger partial charge in [-0.25, -0.2) is 4.39 Å². The number of rotatable bonds is 4. The Morgan fingerprint density at radius 2 is 1.70 bits per heavy atom. The van der Waals surface area contributed by atoms with Crippen molar-refractivity contribution in [1.29, 1.82) is 0 Å². The predicted octanol–water partition coefficient (Wildman–Crippen LogP) is 3.49. The van der Waals surface area contributed by atoms with Crippen LogP contribution in [0.1, 0.15) is 11.1 Å². The van der Waals surface area contributed by atoms with Gasteiger partial charge in [0.1, 0.15) is 5.82 Å². The third-order valence-corrected chi connectivity index (χ3v) is 3.06. The average Bonchev–Trinajstić information content (AvgIpc) is 2.42. The molecule has 0 heterocycles. The van der Waals surface area contributed by atoms with Crippen molar-refractivity contribution in [1.82, 2.24) is 0 Å². The standard InChI is InChI=1S/C16H17FN2O/c1-11-6-5-7-12(2)16(11)19-15(20)10-18-14-9-4-3-8-13(14)17/h3-9,18H,10H2,1-2H3,(H,19,20). The lowest BCUT2D eigenvalue weighted by atomic mass is 10.1. The highest BCUT2D eigenvalue weighted by molar-refractivity contribution is 5.95. The Morgan fingerprint density at radius 3 is 2.35 bits per heavy atom. The number of hydrogen-bond donors (Lipinski definition) is 2. The van der Waals surface area contributed by atoms with Crippen LogP contribution in [-0.4, -0.2) is 12.5 Å². The van der Waals surface area contributed by atoms with Gasteiger partial charge in [0.25, 0.3) is 0 Å². The van der Waals surface area contributed by atoms with E-state index in [1.54, 1.807) is 18.2 Å². The highest BCUT2D eigenvalue weighted by Crippen LogP contribution is 2.19. The van der Waals surface area contributed by atoms with Crippen LogP contribution >= 0.6 is 0 Å². The van der Waals surface area contributed by atoms with Crippen LogP contribution in [0.5, 0.6) is 0 Å². The first kappa shape index (κ1) is 14.1. The highest BCUT2D eigenvalue weighted by Gasteiger charge is 2.08. The molecule has 0 aliphatic rings. The van der Waals surface area contributed by atoms with Crippen molar-refractivity contribution < 1.29 is 9.18 Å². The first-order valence-corrected chi connectivity index (χ1v) is 6.42. The second kappa shape index (κ2) is 6.19. The Morgan fingerprint density at radius 1 is 1.05 bits per heavy atom. The van der Waals surface area contributed by atoms with Gasteiger partial charge in [-0.3, -0.25) is 4.79 Å². The lowest BCUT2D eigenvalue weighted by molar-refractivity contribution is -0.114. The molecular weight excluding hydrogens is 255 g/mol. The van der Waals surface area contributed by atoms with Gasteiger partial charge in [0.05, 0.1) is 12.2 Å². The van der Waals surface area contributed by atoms with Crippen LogP contribution in [0, 0.1) is 19.7 Å². The number of halogens is 1. The summed E-state index contributed by atoms with van der Waals surface area (Å²) in [5.41, 5.74) is 3.14. The molecule has 3 nitrogen and oxygen atoms in total. The molecule has 1 amide bonds. The number of hydrogen-bond acceptors (Lipinski definition) is 2. The van der Waals surface area contributed by atoms with Gasteiger partial charge in [-0.2, -0.15) is 0 Å². The summed E-state index contributed by atoms with van der Waals surface area (Å²) in [5.74, 6) is -0.571. The molecule has 2 rings (SSSR count). The Bertz CT molecular complexity index is 605. The van der Waals surface area contributed by atoms with Crippen molar-refractivity contribution in [2.45, 2.75) is 13.8 Å². The minimum atomic E-state index is -0.368. The van der Waals surface area contributed by atoms with Gasteiger partial charge in [0.15, 0.2) is 0 Å². The van der Waals surface area contributed by atoms with E-state index in [1.807, 2.05) is 32.0 Å². The van der Waals surface area contributed by atoms with Crippen LogP contribution in [-0.2, 0) is 4.79 Å². The van der Waals surface area contributed by atoms with Gasteiger partial charge in [-0.15, -0.1) is 0 Å². The van der Waals surface area contributed by atoms with E-state index in [0.29, 0.717) is 5.69 Å². The molecule has 0 radical (unpaired) electrons. The van der Waals surface area contributed by atoms with Gasteiger partial charge < -0.3 is 10.6 Å². The number of carbonyl (C=O) groups is 1. The number of anilines is 2. The molecule has 0 aliphatic carbocycles. The fourth-order valence-corrected chi connectivity index (χ4v) is 1.98. The fraction of sp³-hybridized carbons (Fsp3) is 0.188. The molecule has 2 aromatic rings. The summed E-state index contributed by atoms with van der Waals surface area (Å²) in [6.45, 7) is 3.90. The summed E-state index contributed by atoms with van der Waals surface area (Å²) >= 11 is 0. The third kappa shape index (κ3) is 3.35. The van der Waals surface area contributed by atoms with Crippen LogP contribution < -0.4 is 10.6 Å². The molecule has 0 saturated carbocycles. The van der Waals surface area contributed by atoms with Crippen LogP contribution in [0.25, 0.3) is 0 Å². The molecule has 0 aliphatic heterocycles. The molecule has 0 bridgehead atoms. The van der Waals surface area contributed by atoms with Crippen molar-refractivity contribution >= 4 is 17.3 Å². The first-order chi connectivity index (χ1) is 9.58. The average molecular weight is 272 g/mol. The molecule has 20 heavy (non-hydrogen) atoms. The number of carbonyl (C=O) groups excluding carboxylic acids is 1. The maximum Gasteiger partial charge on any atom is 0.243 e. The number of amides is 1. The largest absolute Gasteiger partial charge is 0.374 e. The van der Waals surface area contributed by atoms with E-state index in [1.165, 1.54) is 6.07 Å². The topological polar surface area (TPSA) is 41.1 Å². The zero-order valence-corrected chi connectivity index (χ0v) is 11.5. The maximum atomic E-state index is 13.4. The Hall–Kier alpha value is -2.36. The van der Waals surface area contributed by atoms with Gasteiger partial charge in [-0.05, 0) is 37.1 Å². The Labute approximate surface area is 117 Å². The fourth-order valence-electron chi connectivity index (χ4n) is 1.98. The third-order valence-electron chi connectivity index (χ3n) is 3.06. The number of para-hydroxylation sites is 2. The lowest BCUT2D eigenvalue weighted by Crippen LogP contribution is -2.23. The zero-order chi connectivity index (χ0) is 14.5. The summed E-state index contributed by atoms with van der Waals surface area (Å²) in [6, 6.07) is 12.1. The Balaban J connectivity index is 1.98. The van der Waals surface area contributed by atoms with Gasteiger partial charge in [0, 0.05) is 5.69 Å². The van der Waals surface area contributed by atoms with Crippen molar-refractivity contribution in [3.05, 3.63) is 59.4 Å². The van der Waals surface area contributed by atoms with Gasteiger partial charge >= 0.3 is 0 Å².